The van der Waals surface area contributed by atoms with Crippen molar-refractivity contribution >= 4 is 23.2 Å². The predicted molar refractivity (Wildman–Crippen MR) is 97.3 cm³/mol. The molecule has 1 aromatic rings. The monoisotopic (exact) mass is 351 g/mol. The highest BCUT2D eigenvalue weighted by molar-refractivity contribution is 7.80. The van der Waals surface area contributed by atoms with Crippen LogP contribution in [0.2, 0.25) is 0 Å². The van der Waals surface area contributed by atoms with E-state index in [-0.39, 0.29) is 5.91 Å². The molecular weight excluding hydrogens is 326 g/mol. The maximum Gasteiger partial charge on any atom is 0.269 e. The van der Waals surface area contributed by atoms with E-state index in [0.29, 0.717) is 34.1 Å². The Labute approximate surface area is 148 Å². The van der Waals surface area contributed by atoms with E-state index >= 15 is 0 Å². The van der Waals surface area contributed by atoms with E-state index in [2.05, 4.69) is 23.1 Å². The molecule has 0 bridgehead atoms. The number of hydrogen-bond donors (Lipinski definition) is 3. The molecule has 3 N–H and O–H groups in total. The first-order valence-electron chi connectivity index (χ1n) is 8.14. The molecule has 1 aromatic carbocycles. The summed E-state index contributed by atoms with van der Waals surface area (Å²) >= 11 is 5.26. The minimum Gasteiger partial charge on any atom is -0.493 e. The van der Waals surface area contributed by atoms with Crippen LogP contribution in [0.4, 0.5) is 0 Å². The molecule has 0 saturated heterocycles. The molecule has 0 radical (unpaired) electrons. The van der Waals surface area contributed by atoms with E-state index in [4.69, 9.17) is 21.7 Å². The zero-order valence-corrected chi connectivity index (χ0v) is 15.2. The van der Waals surface area contributed by atoms with Crippen molar-refractivity contribution in [3.05, 3.63) is 23.8 Å². The van der Waals surface area contributed by atoms with E-state index < -0.39 is 0 Å². The molecular formula is C17H25N3O3S. The quantitative estimate of drug-likeness (QED) is 0.571. The molecule has 0 aliphatic heterocycles. The predicted octanol–water partition coefficient (Wildman–Crippen LogP) is 2.39. The minimum absolute atomic E-state index is 0.295. The molecule has 0 spiro atoms. The lowest BCUT2D eigenvalue weighted by Gasteiger charge is -2.30. The topological polar surface area (TPSA) is 71.6 Å². The van der Waals surface area contributed by atoms with Crippen LogP contribution in [0.5, 0.6) is 11.5 Å². The van der Waals surface area contributed by atoms with Crippen LogP contribution >= 0.6 is 12.2 Å². The summed E-state index contributed by atoms with van der Waals surface area (Å²) in [5.74, 6) is 1.37. The van der Waals surface area contributed by atoms with Crippen molar-refractivity contribution in [2.75, 3.05) is 14.2 Å². The van der Waals surface area contributed by atoms with Gasteiger partial charge in [-0.1, -0.05) is 19.8 Å². The van der Waals surface area contributed by atoms with Gasteiger partial charge in [-0.2, -0.15) is 0 Å². The Morgan fingerprint density at radius 3 is 2.50 bits per heavy atom. The molecule has 0 aromatic heterocycles. The lowest BCUT2D eigenvalue weighted by Crippen LogP contribution is -2.51. The van der Waals surface area contributed by atoms with Crippen molar-refractivity contribution in [1.82, 2.24) is 16.2 Å². The second kappa shape index (κ2) is 8.73. The number of amides is 1. The SMILES string of the molecule is COc1ccc(C(=O)NNC(=S)N[C@@H]2CCCC[C@H]2C)cc1OC. The Kier molecular flexibility index (Phi) is 6.66. The minimum atomic E-state index is -0.295. The Bertz CT molecular complexity index is 594. The van der Waals surface area contributed by atoms with Crippen LogP contribution in [0.3, 0.4) is 0 Å². The number of hydrogen-bond acceptors (Lipinski definition) is 4. The fraction of sp³-hybridized carbons (Fsp3) is 0.529. The summed E-state index contributed by atoms with van der Waals surface area (Å²) in [4.78, 5) is 12.2. The number of carbonyl (C=O) groups is 1. The van der Waals surface area contributed by atoms with Crippen LogP contribution in [0, 0.1) is 5.92 Å². The third-order valence-corrected chi connectivity index (χ3v) is 4.58. The summed E-state index contributed by atoms with van der Waals surface area (Å²) < 4.78 is 10.4. The number of carbonyl (C=O) groups excluding carboxylic acids is 1. The van der Waals surface area contributed by atoms with Gasteiger partial charge in [-0.05, 0) is 49.2 Å². The van der Waals surface area contributed by atoms with E-state index in [9.17, 15) is 4.79 Å². The normalized spacial score (nSPS) is 20.0. The fourth-order valence-corrected chi connectivity index (χ4v) is 3.10. The van der Waals surface area contributed by atoms with Gasteiger partial charge in [-0.3, -0.25) is 15.6 Å². The molecule has 1 aliphatic carbocycles. The summed E-state index contributed by atoms with van der Waals surface area (Å²) in [6.07, 6.45) is 4.79. The van der Waals surface area contributed by atoms with Gasteiger partial charge in [0.2, 0.25) is 0 Å². The van der Waals surface area contributed by atoms with E-state index in [1.807, 2.05) is 0 Å². The van der Waals surface area contributed by atoms with Crippen molar-refractivity contribution in [2.45, 2.75) is 38.6 Å². The van der Waals surface area contributed by atoms with Crippen molar-refractivity contribution in [1.29, 1.82) is 0 Å². The van der Waals surface area contributed by atoms with Crippen molar-refractivity contribution in [3.63, 3.8) is 0 Å². The zero-order chi connectivity index (χ0) is 17.5. The Morgan fingerprint density at radius 2 is 1.83 bits per heavy atom. The lowest BCUT2D eigenvalue weighted by atomic mass is 9.86. The van der Waals surface area contributed by atoms with Gasteiger partial charge in [0.1, 0.15) is 0 Å². The molecule has 7 heteroatoms. The van der Waals surface area contributed by atoms with Crippen LogP contribution in [-0.4, -0.2) is 31.3 Å². The summed E-state index contributed by atoms with van der Waals surface area (Å²) in [5.41, 5.74) is 5.82. The van der Waals surface area contributed by atoms with Crippen LogP contribution in [0.1, 0.15) is 43.0 Å². The van der Waals surface area contributed by atoms with Crippen molar-refractivity contribution in [2.24, 2.45) is 5.92 Å². The van der Waals surface area contributed by atoms with Gasteiger partial charge in [-0.25, -0.2) is 0 Å². The van der Waals surface area contributed by atoms with Gasteiger partial charge < -0.3 is 14.8 Å². The molecule has 1 fully saturated rings. The van der Waals surface area contributed by atoms with Gasteiger partial charge in [0.25, 0.3) is 5.91 Å². The maximum absolute atomic E-state index is 12.2. The smallest absolute Gasteiger partial charge is 0.269 e. The highest BCUT2D eigenvalue weighted by Gasteiger charge is 2.21. The molecule has 1 aliphatic rings. The molecule has 6 nitrogen and oxygen atoms in total. The Hall–Kier alpha value is -2.02. The first-order valence-corrected chi connectivity index (χ1v) is 8.55. The highest BCUT2D eigenvalue weighted by Crippen LogP contribution is 2.27. The number of methoxy groups -OCH3 is 2. The Balaban J connectivity index is 1.87. The van der Waals surface area contributed by atoms with Crippen LogP contribution in [0.15, 0.2) is 18.2 Å². The molecule has 1 amide bonds. The lowest BCUT2D eigenvalue weighted by molar-refractivity contribution is 0.0943. The molecule has 1 saturated carbocycles. The summed E-state index contributed by atoms with van der Waals surface area (Å²) in [6, 6.07) is 5.33. The van der Waals surface area contributed by atoms with Crippen molar-refractivity contribution in [3.8, 4) is 11.5 Å². The highest BCUT2D eigenvalue weighted by atomic mass is 32.1. The first-order chi connectivity index (χ1) is 11.5. The van der Waals surface area contributed by atoms with Crippen LogP contribution in [0.25, 0.3) is 0 Å². The summed E-state index contributed by atoms with van der Waals surface area (Å²) in [6.45, 7) is 2.22. The summed E-state index contributed by atoms with van der Waals surface area (Å²) in [5, 5.41) is 3.71. The molecule has 0 unspecified atom stereocenters. The van der Waals surface area contributed by atoms with Crippen molar-refractivity contribution < 1.29 is 14.3 Å². The average molecular weight is 351 g/mol. The van der Waals surface area contributed by atoms with Crippen LogP contribution in [-0.2, 0) is 0 Å². The van der Waals surface area contributed by atoms with Gasteiger partial charge in [-0.15, -0.1) is 0 Å². The standard InChI is InChI=1S/C17H25N3O3S/c1-11-6-4-5-7-13(11)18-17(24)20-19-16(21)12-8-9-14(22-2)15(10-12)23-3/h8-11,13H,4-7H2,1-3H3,(H,19,21)(H2,18,20,24)/t11-,13-/m1/s1. The van der Waals surface area contributed by atoms with E-state index in [1.54, 1.807) is 25.3 Å². The van der Waals surface area contributed by atoms with Crippen LogP contribution < -0.4 is 25.6 Å². The average Bonchev–Trinajstić information content (AvgIpc) is 2.61. The van der Waals surface area contributed by atoms with Gasteiger partial charge in [0, 0.05) is 11.6 Å². The molecule has 2 rings (SSSR count). The third-order valence-electron chi connectivity index (χ3n) is 4.36. The molecule has 2 atom stereocenters. The molecule has 132 valence electrons. The molecule has 0 heterocycles. The summed E-state index contributed by atoms with van der Waals surface area (Å²) in [7, 11) is 3.08. The zero-order valence-electron chi connectivity index (χ0n) is 14.3. The van der Waals surface area contributed by atoms with Gasteiger partial charge in [0.15, 0.2) is 16.6 Å². The maximum atomic E-state index is 12.2. The number of benzene rings is 1. The second-order valence-electron chi connectivity index (χ2n) is 5.99. The number of hydrazine groups is 1. The number of rotatable bonds is 4. The first kappa shape index (κ1) is 18.3. The molecule has 24 heavy (non-hydrogen) atoms. The van der Waals surface area contributed by atoms with E-state index in [1.165, 1.54) is 26.4 Å². The second-order valence-corrected chi connectivity index (χ2v) is 6.40. The number of nitrogens with one attached hydrogen (secondary N) is 3. The largest absolute Gasteiger partial charge is 0.493 e. The number of ether oxygens (including phenoxy) is 2. The number of thiocarbonyl (C=S) groups is 1. The van der Waals surface area contributed by atoms with Gasteiger partial charge in [0.05, 0.1) is 14.2 Å². The van der Waals surface area contributed by atoms with E-state index in [0.717, 1.165) is 6.42 Å². The van der Waals surface area contributed by atoms with Gasteiger partial charge >= 0.3 is 0 Å². The Morgan fingerprint density at radius 1 is 1.12 bits per heavy atom. The third kappa shape index (κ3) is 4.74. The fourth-order valence-electron chi connectivity index (χ4n) is 2.90.